The Morgan fingerprint density at radius 3 is 1.86 bits per heavy atom. The Hall–Kier alpha value is -2.51. The van der Waals surface area contributed by atoms with Gasteiger partial charge in [0.15, 0.2) is 0 Å². The van der Waals surface area contributed by atoms with Crippen molar-refractivity contribution in [2.24, 2.45) is 0 Å². The molecule has 28 heavy (non-hydrogen) atoms. The van der Waals surface area contributed by atoms with Crippen molar-refractivity contribution >= 4 is 5.97 Å². The van der Waals surface area contributed by atoms with Crippen LogP contribution in [-0.2, 0) is 28.3 Å². The molecule has 0 saturated heterocycles. The van der Waals surface area contributed by atoms with E-state index in [0.717, 1.165) is 5.56 Å². The van der Waals surface area contributed by atoms with E-state index in [4.69, 9.17) is 4.74 Å². The van der Waals surface area contributed by atoms with Crippen molar-refractivity contribution in [1.29, 1.82) is 0 Å². The zero-order chi connectivity index (χ0) is 20.9. The minimum absolute atomic E-state index is 0.104. The smallest absolute Gasteiger partial charge is 0.416 e. The number of hydrogen-bond donors (Lipinski definition) is 0. The molecule has 0 aliphatic heterocycles. The van der Waals surface area contributed by atoms with Crippen molar-refractivity contribution in [2.45, 2.75) is 38.5 Å². The first-order valence-electron chi connectivity index (χ1n) is 8.55. The molecular weight excluding hydrogens is 386 g/mol. The van der Waals surface area contributed by atoms with Gasteiger partial charge in [-0.05, 0) is 54.7 Å². The Bertz CT molecular complexity index is 775. The van der Waals surface area contributed by atoms with Crippen LogP contribution in [0.5, 0.6) is 0 Å². The van der Waals surface area contributed by atoms with Crippen LogP contribution in [0, 0.1) is 0 Å². The molecular formula is C20H18F6O2. The van der Waals surface area contributed by atoms with Gasteiger partial charge in [-0.2, -0.15) is 26.3 Å². The third-order valence-electron chi connectivity index (χ3n) is 4.03. The van der Waals surface area contributed by atoms with Crippen molar-refractivity contribution in [2.75, 3.05) is 6.61 Å². The Kier molecular flexibility index (Phi) is 6.74. The molecule has 0 bridgehead atoms. The van der Waals surface area contributed by atoms with Gasteiger partial charge in [-0.15, -0.1) is 0 Å². The lowest BCUT2D eigenvalue weighted by Crippen LogP contribution is -2.11. The number of benzene rings is 2. The Morgan fingerprint density at radius 1 is 0.857 bits per heavy atom. The molecule has 8 heteroatoms. The number of hydrogen-bond acceptors (Lipinski definition) is 2. The number of rotatable bonds is 6. The molecule has 0 aromatic heterocycles. The summed E-state index contributed by atoms with van der Waals surface area (Å²) in [6.45, 7) is 2.00. The van der Waals surface area contributed by atoms with E-state index in [1.165, 1.54) is 12.1 Å². The minimum Gasteiger partial charge on any atom is -0.466 e. The highest BCUT2D eigenvalue weighted by Crippen LogP contribution is 2.38. The van der Waals surface area contributed by atoms with E-state index in [1.807, 2.05) is 0 Å². The topological polar surface area (TPSA) is 26.3 Å². The summed E-state index contributed by atoms with van der Waals surface area (Å²) >= 11 is 0. The predicted molar refractivity (Wildman–Crippen MR) is 91.5 cm³/mol. The summed E-state index contributed by atoms with van der Waals surface area (Å²) in [5.41, 5.74) is -1.81. The first-order chi connectivity index (χ1) is 13.0. The Balaban J connectivity index is 2.21. The Morgan fingerprint density at radius 2 is 1.39 bits per heavy atom. The third-order valence-corrected chi connectivity index (χ3v) is 4.03. The van der Waals surface area contributed by atoms with Crippen LogP contribution in [0.25, 0.3) is 11.1 Å². The standard InChI is InChI=1S/C20H18F6O2/c1-2-28-18(27)5-3-4-13-6-8-14(9-7-13)15-10-16(19(21,22)23)12-17(11-15)20(24,25)26/h6-12H,2-5H2,1H3. The summed E-state index contributed by atoms with van der Waals surface area (Å²) in [5.74, 6) is -0.317. The van der Waals surface area contributed by atoms with Gasteiger partial charge in [0.2, 0.25) is 0 Å². The molecule has 0 heterocycles. The van der Waals surface area contributed by atoms with Crippen LogP contribution in [0.15, 0.2) is 42.5 Å². The summed E-state index contributed by atoms with van der Waals surface area (Å²) in [6, 6.07) is 7.68. The first-order valence-corrected chi connectivity index (χ1v) is 8.55. The van der Waals surface area contributed by atoms with Crippen molar-refractivity contribution in [3.05, 3.63) is 59.2 Å². The van der Waals surface area contributed by atoms with E-state index in [2.05, 4.69) is 0 Å². The van der Waals surface area contributed by atoms with Crippen LogP contribution in [-0.4, -0.2) is 12.6 Å². The van der Waals surface area contributed by atoms with Gasteiger partial charge in [0, 0.05) is 6.42 Å². The maximum absolute atomic E-state index is 13.0. The second kappa shape index (κ2) is 8.67. The molecule has 0 unspecified atom stereocenters. The average molecular weight is 404 g/mol. The van der Waals surface area contributed by atoms with Crippen LogP contribution in [0.2, 0.25) is 0 Å². The monoisotopic (exact) mass is 404 g/mol. The molecule has 2 aromatic rings. The average Bonchev–Trinajstić information content (AvgIpc) is 2.61. The maximum Gasteiger partial charge on any atom is 0.416 e. The van der Waals surface area contributed by atoms with Crippen LogP contribution in [0.1, 0.15) is 36.5 Å². The number of ether oxygens (including phenoxy) is 1. The van der Waals surface area contributed by atoms with Gasteiger partial charge in [0.1, 0.15) is 0 Å². The van der Waals surface area contributed by atoms with E-state index in [9.17, 15) is 31.1 Å². The van der Waals surface area contributed by atoms with E-state index >= 15 is 0 Å². The lowest BCUT2D eigenvalue weighted by molar-refractivity contribution is -0.144. The number of carbonyl (C=O) groups is 1. The fourth-order valence-electron chi connectivity index (χ4n) is 2.66. The molecule has 0 amide bonds. The highest BCUT2D eigenvalue weighted by Gasteiger charge is 2.36. The molecule has 0 radical (unpaired) electrons. The molecule has 0 N–H and O–H groups in total. The third kappa shape index (κ3) is 6.00. The van der Waals surface area contributed by atoms with Crippen LogP contribution < -0.4 is 0 Å². The van der Waals surface area contributed by atoms with Gasteiger partial charge < -0.3 is 4.74 Å². The number of aryl methyl sites for hydroxylation is 1. The summed E-state index contributed by atoms with van der Waals surface area (Å²) in [7, 11) is 0. The van der Waals surface area contributed by atoms with Gasteiger partial charge in [-0.3, -0.25) is 4.79 Å². The van der Waals surface area contributed by atoms with Gasteiger partial charge in [-0.25, -0.2) is 0 Å². The highest BCUT2D eigenvalue weighted by molar-refractivity contribution is 5.69. The maximum atomic E-state index is 13.0. The number of halogens is 6. The van der Waals surface area contributed by atoms with Crippen LogP contribution in [0.4, 0.5) is 26.3 Å². The zero-order valence-electron chi connectivity index (χ0n) is 15.0. The second-order valence-electron chi connectivity index (χ2n) is 6.15. The van der Waals surface area contributed by atoms with E-state index in [0.29, 0.717) is 31.6 Å². The largest absolute Gasteiger partial charge is 0.466 e. The summed E-state index contributed by atoms with van der Waals surface area (Å²) in [4.78, 5) is 11.3. The molecule has 152 valence electrons. The molecule has 0 aliphatic carbocycles. The lowest BCUT2D eigenvalue weighted by atomic mass is 9.97. The number of carbonyl (C=O) groups excluding carboxylic acids is 1. The number of esters is 1. The lowest BCUT2D eigenvalue weighted by Gasteiger charge is -2.14. The molecule has 2 nitrogen and oxygen atoms in total. The Labute approximate surface area is 158 Å². The summed E-state index contributed by atoms with van der Waals surface area (Å²) < 4.78 is 82.6. The molecule has 0 spiro atoms. The molecule has 0 fully saturated rings. The molecule has 0 atom stereocenters. The fourth-order valence-corrected chi connectivity index (χ4v) is 2.66. The normalized spacial score (nSPS) is 12.1. The van der Waals surface area contributed by atoms with E-state index < -0.39 is 23.5 Å². The van der Waals surface area contributed by atoms with Crippen molar-refractivity contribution in [1.82, 2.24) is 0 Å². The molecule has 2 aromatic carbocycles. The van der Waals surface area contributed by atoms with E-state index in [1.54, 1.807) is 19.1 Å². The van der Waals surface area contributed by atoms with Gasteiger partial charge >= 0.3 is 18.3 Å². The molecule has 2 rings (SSSR count). The zero-order valence-corrected chi connectivity index (χ0v) is 15.0. The molecule has 0 saturated carbocycles. The predicted octanol–water partition coefficient (Wildman–Crippen LogP) is 6.28. The highest BCUT2D eigenvalue weighted by atomic mass is 19.4. The van der Waals surface area contributed by atoms with Gasteiger partial charge in [0.05, 0.1) is 17.7 Å². The first kappa shape index (κ1) is 21.8. The van der Waals surface area contributed by atoms with Crippen molar-refractivity contribution in [3.8, 4) is 11.1 Å². The second-order valence-corrected chi connectivity index (χ2v) is 6.15. The minimum atomic E-state index is -4.89. The van der Waals surface area contributed by atoms with Gasteiger partial charge in [0.25, 0.3) is 0 Å². The quantitative estimate of drug-likeness (QED) is 0.419. The summed E-state index contributed by atoms with van der Waals surface area (Å²) in [6.07, 6.45) is -8.47. The van der Waals surface area contributed by atoms with Crippen molar-refractivity contribution in [3.63, 3.8) is 0 Å². The van der Waals surface area contributed by atoms with Crippen LogP contribution in [0.3, 0.4) is 0 Å². The fraction of sp³-hybridized carbons (Fsp3) is 0.350. The summed E-state index contributed by atoms with van der Waals surface area (Å²) in [5, 5.41) is 0. The van der Waals surface area contributed by atoms with Gasteiger partial charge in [-0.1, -0.05) is 24.3 Å². The van der Waals surface area contributed by atoms with Crippen LogP contribution >= 0.6 is 0 Å². The van der Waals surface area contributed by atoms with E-state index in [-0.39, 0.29) is 29.6 Å². The molecule has 0 aliphatic rings. The SMILES string of the molecule is CCOC(=O)CCCc1ccc(-c2cc(C(F)(F)F)cc(C(F)(F)F)c2)cc1. The number of alkyl halides is 6. The van der Waals surface area contributed by atoms with Crippen molar-refractivity contribution < 1.29 is 35.9 Å².